The van der Waals surface area contributed by atoms with Crippen LogP contribution in [0.1, 0.15) is 29.7 Å². The molecule has 1 atom stereocenters. The van der Waals surface area contributed by atoms with Gasteiger partial charge in [-0.25, -0.2) is 9.97 Å². The van der Waals surface area contributed by atoms with E-state index in [0.717, 1.165) is 46.8 Å². The molecule has 5 nitrogen and oxygen atoms in total. The number of imidazole rings is 1. The number of fused-ring (bicyclic) bond motifs is 2. The summed E-state index contributed by atoms with van der Waals surface area (Å²) < 4.78 is 1.19. The summed E-state index contributed by atoms with van der Waals surface area (Å²) in [5.41, 5.74) is 3.04. The van der Waals surface area contributed by atoms with E-state index in [2.05, 4.69) is 16.0 Å². The first-order valence-corrected chi connectivity index (χ1v) is 11.4. The minimum absolute atomic E-state index is 0.122. The lowest BCUT2D eigenvalue weighted by atomic mass is 10.2. The third kappa shape index (κ3) is 3.40. The van der Waals surface area contributed by atoms with Gasteiger partial charge in [-0.1, -0.05) is 24.3 Å². The van der Waals surface area contributed by atoms with Crippen LogP contribution in [-0.2, 0) is 10.5 Å². The van der Waals surface area contributed by atoms with E-state index in [9.17, 15) is 4.79 Å². The van der Waals surface area contributed by atoms with Gasteiger partial charge in [0.25, 0.3) is 0 Å². The maximum Gasteiger partial charge on any atom is 0.233 e. The molecule has 5 rings (SSSR count). The fourth-order valence-corrected chi connectivity index (χ4v) is 5.63. The van der Waals surface area contributed by atoms with Gasteiger partial charge in [-0.05, 0) is 37.1 Å². The van der Waals surface area contributed by atoms with Crippen molar-refractivity contribution in [2.75, 3.05) is 12.3 Å². The van der Waals surface area contributed by atoms with Crippen LogP contribution in [0.3, 0.4) is 0 Å². The number of nitrogens with zero attached hydrogens (tertiary/aromatic N) is 3. The highest BCUT2D eigenvalue weighted by Crippen LogP contribution is 2.36. The number of para-hydroxylation sites is 3. The Morgan fingerprint density at radius 2 is 1.96 bits per heavy atom. The number of aromatic nitrogens is 3. The average Bonchev–Trinajstić information content (AvgIpc) is 3.43. The number of hydrogen-bond acceptors (Lipinski definition) is 5. The van der Waals surface area contributed by atoms with E-state index < -0.39 is 0 Å². The molecule has 0 radical (unpaired) electrons. The van der Waals surface area contributed by atoms with Gasteiger partial charge in [0.15, 0.2) is 0 Å². The molecule has 3 heterocycles. The normalized spacial score (nSPS) is 17.0. The van der Waals surface area contributed by atoms with E-state index in [-0.39, 0.29) is 11.9 Å². The molecule has 0 aliphatic carbocycles. The Balaban J connectivity index is 1.24. The highest BCUT2D eigenvalue weighted by atomic mass is 32.2. The van der Waals surface area contributed by atoms with Crippen molar-refractivity contribution in [3.63, 3.8) is 0 Å². The summed E-state index contributed by atoms with van der Waals surface area (Å²) >= 11 is 3.33. The number of thiazole rings is 1. The van der Waals surface area contributed by atoms with Crippen molar-refractivity contribution >= 4 is 50.3 Å². The fourth-order valence-electron chi connectivity index (χ4n) is 3.75. The Morgan fingerprint density at radius 3 is 2.82 bits per heavy atom. The average molecular weight is 409 g/mol. The van der Waals surface area contributed by atoms with E-state index in [4.69, 9.17) is 4.98 Å². The molecule has 0 bridgehead atoms. The van der Waals surface area contributed by atoms with Crippen LogP contribution in [0.5, 0.6) is 0 Å². The molecule has 0 saturated carbocycles. The number of thioether (sulfide) groups is 1. The van der Waals surface area contributed by atoms with Crippen LogP contribution in [0.25, 0.3) is 21.3 Å². The van der Waals surface area contributed by atoms with Crippen LogP contribution in [-0.4, -0.2) is 38.1 Å². The second kappa shape index (κ2) is 7.56. The Bertz CT molecular complexity index is 1070. The van der Waals surface area contributed by atoms with Crippen molar-refractivity contribution in [1.29, 1.82) is 0 Å². The molecule has 2 aromatic heterocycles. The smallest absolute Gasteiger partial charge is 0.233 e. The van der Waals surface area contributed by atoms with Crippen molar-refractivity contribution in [1.82, 2.24) is 19.9 Å². The second-order valence-corrected chi connectivity index (χ2v) is 9.01. The van der Waals surface area contributed by atoms with E-state index >= 15 is 0 Å². The van der Waals surface area contributed by atoms with E-state index in [1.807, 2.05) is 47.4 Å². The zero-order chi connectivity index (χ0) is 18.9. The molecule has 28 heavy (non-hydrogen) atoms. The first-order chi connectivity index (χ1) is 13.8. The van der Waals surface area contributed by atoms with Gasteiger partial charge < -0.3 is 9.88 Å². The number of likely N-dealkylation sites (tertiary alicyclic amines) is 1. The predicted molar refractivity (Wildman–Crippen MR) is 116 cm³/mol. The van der Waals surface area contributed by atoms with Crippen LogP contribution in [0.4, 0.5) is 0 Å². The molecule has 1 fully saturated rings. The number of H-pyrrole nitrogens is 1. The Kier molecular flexibility index (Phi) is 4.78. The number of benzene rings is 2. The number of hydrogen-bond donors (Lipinski definition) is 1. The maximum absolute atomic E-state index is 12.9. The fraction of sp³-hybridized carbons (Fsp3) is 0.286. The number of nitrogens with one attached hydrogen (secondary N) is 1. The standard InChI is InChI=1S/C21H20N4OS2/c26-20(13-27-12-19-22-14-6-1-2-7-15(14)23-19)25-11-5-9-17(25)21-24-16-8-3-4-10-18(16)28-21/h1-4,6-8,10,17H,5,9,11-13H2,(H,22,23)/t17-/m1/s1. The van der Waals surface area contributed by atoms with Gasteiger partial charge in [0.05, 0.1) is 38.8 Å². The molecule has 142 valence electrons. The molecule has 1 N–H and O–H groups in total. The van der Waals surface area contributed by atoms with Crippen molar-refractivity contribution in [2.24, 2.45) is 0 Å². The number of carbonyl (C=O) groups is 1. The van der Waals surface area contributed by atoms with E-state index in [1.54, 1.807) is 23.1 Å². The summed E-state index contributed by atoms with van der Waals surface area (Å²) in [4.78, 5) is 27.6. The quantitative estimate of drug-likeness (QED) is 0.517. The highest BCUT2D eigenvalue weighted by molar-refractivity contribution is 7.99. The first-order valence-electron chi connectivity index (χ1n) is 9.44. The van der Waals surface area contributed by atoms with Gasteiger partial charge in [-0.15, -0.1) is 23.1 Å². The van der Waals surface area contributed by atoms with Crippen molar-refractivity contribution < 1.29 is 4.79 Å². The Morgan fingerprint density at radius 1 is 1.14 bits per heavy atom. The van der Waals surface area contributed by atoms with Crippen LogP contribution in [0.2, 0.25) is 0 Å². The summed E-state index contributed by atoms with van der Waals surface area (Å²) in [5, 5.41) is 1.06. The lowest BCUT2D eigenvalue weighted by Gasteiger charge is -2.22. The summed E-state index contributed by atoms with van der Waals surface area (Å²) in [5.74, 6) is 2.30. The zero-order valence-corrected chi connectivity index (χ0v) is 16.9. The first kappa shape index (κ1) is 17.7. The molecule has 1 aliphatic rings. The van der Waals surface area contributed by atoms with E-state index in [1.165, 1.54) is 4.70 Å². The van der Waals surface area contributed by atoms with Gasteiger partial charge in [0, 0.05) is 6.54 Å². The second-order valence-electron chi connectivity index (χ2n) is 6.96. The summed E-state index contributed by atoms with van der Waals surface area (Å²) in [7, 11) is 0. The van der Waals surface area contributed by atoms with Crippen molar-refractivity contribution in [3.05, 3.63) is 59.4 Å². The van der Waals surface area contributed by atoms with Gasteiger partial charge in [0.1, 0.15) is 10.8 Å². The lowest BCUT2D eigenvalue weighted by molar-refractivity contribution is -0.129. The SMILES string of the molecule is O=C(CSCc1nc2ccccc2[nH]1)N1CCC[C@@H]1c1nc2ccccc2s1. The molecular weight excluding hydrogens is 388 g/mol. The summed E-state index contributed by atoms with van der Waals surface area (Å²) in [6, 6.07) is 16.3. The minimum Gasteiger partial charge on any atom is -0.341 e. The summed E-state index contributed by atoms with van der Waals surface area (Å²) in [6.45, 7) is 0.824. The number of aromatic amines is 1. The molecule has 7 heteroatoms. The number of carbonyl (C=O) groups excluding carboxylic acids is 1. The lowest BCUT2D eigenvalue weighted by Crippen LogP contribution is -2.32. The highest BCUT2D eigenvalue weighted by Gasteiger charge is 2.32. The molecular formula is C21H20N4OS2. The van der Waals surface area contributed by atoms with Crippen LogP contribution in [0.15, 0.2) is 48.5 Å². The summed E-state index contributed by atoms with van der Waals surface area (Å²) in [6.07, 6.45) is 2.04. The molecule has 0 unspecified atom stereocenters. The Labute approximate surface area is 171 Å². The molecule has 1 aliphatic heterocycles. The molecule has 0 spiro atoms. The topological polar surface area (TPSA) is 61.9 Å². The predicted octanol–water partition coefficient (Wildman–Crippen LogP) is 4.77. The molecule has 2 aromatic carbocycles. The third-order valence-corrected chi connectivity index (χ3v) is 7.14. The van der Waals surface area contributed by atoms with Crippen LogP contribution >= 0.6 is 23.1 Å². The minimum atomic E-state index is 0.122. The van der Waals surface area contributed by atoms with E-state index in [0.29, 0.717) is 11.5 Å². The molecule has 4 aromatic rings. The van der Waals surface area contributed by atoms with Gasteiger partial charge >= 0.3 is 0 Å². The van der Waals surface area contributed by atoms with Gasteiger partial charge in [-0.2, -0.15) is 0 Å². The largest absolute Gasteiger partial charge is 0.341 e. The third-order valence-electron chi connectivity index (χ3n) is 5.07. The van der Waals surface area contributed by atoms with Crippen molar-refractivity contribution in [3.8, 4) is 0 Å². The number of rotatable bonds is 5. The molecule has 1 saturated heterocycles. The van der Waals surface area contributed by atoms with Crippen molar-refractivity contribution in [2.45, 2.75) is 24.6 Å². The monoisotopic (exact) mass is 408 g/mol. The van der Waals surface area contributed by atoms with Gasteiger partial charge in [0.2, 0.25) is 5.91 Å². The van der Waals surface area contributed by atoms with Crippen LogP contribution in [0, 0.1) is 0 Å². The maximum atomic E-state index is 12.9. The number of amides is 1. The van der Waals surface area contributed by atoms with Crippen LogP contribution < -0.4 is 0 Å². The Hall–Kier alpha value is -2.38. The zero-order valence-electron chi connectivity index (χ0n) is 15.3. The van der Waals surface area contributed by atoms with Gasteiger partial charge in [-0.3, -0.25) is 4.79 Å². The molecule has 1 amide bonds.